The number of pyridine rings is 1. The monoisotopic (exact) mass is 270 g/mol. The molecule has 1 amide bonds. The average Bonchev–Trinajstić information content (AvgIpc) is 3.20. The van der Waals surface area contributed by atoms with Gasteiger partial charge in [0.2, 0.25) is 5.91 Å². The highest BCUT2D eigenvalue weighted by Gasteiger charge is 2.22. The van der Waals surface area contributed by atoms with Crippen LogP contribution in [-0.4, -0.2) is 16.9 Å². The molecule has 3 rings (SSSR count). The number of hydrogen-bond donors (Lipinski definition) is 2. The van der Waals surface area contributed by atoms with Crippen LogP contribution >= 0.6 is 0 Å². The third-order valence-corrected chi connectivity index (χ3v) is 3.64. The Kier molecular flexibility index (Phi) is 3.30. The van der Waals surface area contributed by atoms with E-state index in [9.17, 15) is 9.59 Å². The summed E-state index contributed by atoms with van der Waals surface area (Å²) in [4.78, 5) is 26.5. The molecule has 0 bridgehead atoms. The molecule has 20 heavy (non-hydrogen) atoms. The van der Waals surface area contributed by atoms with Gasteiger partial charge in [0.05, 0.1) is 0 Å². The van der Waals surface area contributed by atoms with Gasteiger partial charge in [-0.1, -0.05) is 11.6 Å². The number of aromatic amines is 1. The molecule has 4 nitrogen and oxygen atoms in total. The average molecular weight is 270 g/mol. The predicted octanol–water partition coefficient (Wildman–Crippen LogP) is 2.05. The van der Waals surface area contributed by atoms with Crippen LogP contribution in [0.3, 0.4) is 0 Å². The molecule has 1 heterocycles. The number of fused-ring (bicyclic) bond motifs is 1. The Bertz CT molecular complexity index is 714. The summed E-state index contributed by atoms with van der Waals surface area (Å²) in [6.45, 7) is 2.02. The Morgan fingerprint density at radius 1 is 1.35 bits per heavy atom. The molecule has 0 saturated heterocycles. The van der Waals surface area contributed by atoms with Gasteiger partial charge in [0.1, 0.15) is 0 Å². The van der Waals surface area contributed by atoms with E-state index in [-0.39, 0.29) is 11.5 Å². The van der Waals surface area contributed by atoms with Gasteiger partial charge >= 0.3 is 0 Å². The van der Waals surface area contributed by atoms with E-state index < -0.39 is 0 Å². The lowest BCUT2D eigenvalue weighted by Gasteiger charge is -2.05. The van der Waals surface area contributed by atoms with Crippen LogP contribution in [0.4, 0.5) is 0 Å². The van der Waals surface area contributed by atoms with E-state index in [1.54, 1.807) is 0 Å². The van der Waals surface area contributed by atoms with Crippen LogP contribution in [0.5, 0.6) is 0 Å². The molecule has 4 heteroatoms. The fourth-order valence-electron chi connectivity index (χ4n) is 2.33. The summed E-state index contributed by atoms with van der Waals surface area (Å²) in [5.74, 6) is 0.0382. The van der Waals surface area contributed by atoms with Crippen LogP contribution in [0.15, 0.2) is 29.1 Å². The first kappa shape index (κ1) is 12.9. The van der Waals surface area contributed by atoms with Crippen LogP contribution in [0, 0.1) is 6.92 Å². The molecule has 2 aromatic rings. The number of nitrogens with one attached hydrogen (secondary N) is 2. The van der Waals surface area contributed by atoms with Crippen LogP contribution in [0.1, 0.15) is 30.4 Å². The van der Waals surface area contributed by atoms with Gasteiger partial charge < -0.3 is 10.3 Å². The smallest absolute Gasteiger partial charge is 0.251 e. The second-order valence-corrected chi connectivity index (χ2v) is 5.56. The zero-order valence-corrected chi connectivity index (χ0v) is 11.5. The van der Waals surface area contributed by atoms with Crippen molar-refractivity contribution in [1.29, 1.82) is 0 Å². The van der Waals surface area contributed by atoms with E-state index in [0.29, 0.717) is 24.4 Å². The van der Waals surface area contributed by atoms with Crippen molar-refractivity contribution < 1.29 is 4.79 Å². The Labute approximate surface area is 117 Å². The Balaban J connectivity index is 1.77. The highest BCUT2D eigenvalue weighted by Crippen LogP contribution is 2.19. The van der Waals surface area contributed by atoms with Crippen LogP contribution < -0.4 is 10.9 Å². The first-order chi connectivity index (χ1) is 9.61. The zero-order chi connectivity index (χ0) is 14.1. The summed E-state index contributed by atoms with van der Waals surface area (Å²) < 4.78 is 0. The minimum Gasteiger partial charge on any atom is -0.353 e. The molecule has 1 aliphatic carbocycles. The number of benzene rings is 1. The van der Waals surface area contributed by atoms with Crippen LogP contribution in [-0.2, 0) is 11.2 Å². The number of carbonyl (C=O) groups is 1. The van der Waals surface area contributed by atoms with E-state index in [1.165, 1.54) is 0 Å². The summed E-state index contributed by atoms with van der Waals surface area (Å²) in [6, 6.07) is 8.20. The van der Waals surface area contributed by atoms with Crippen molar-refractivity contribution >= 4 is 16.8 Å². The number of aromatic nitrogens is 1. The lowest BCUT2D eigenvalue weighted by molar-refractivity contribution is -0.121. The third-order valence-electron chi connectivity index (χ3n) is 3.64. The molecule has 0 atom stereocenters. The molecule has 0 spiro atoms. The zero-order valence-electron chi connectivity index (χ0n) is 11.5. The highest BCUT2D eigenvalue weighted by molar-refractivity contribution is 5.80. The number of aryl methyl sites for hydroxylation is 2. The lowest BCUT2D eigenvalue weighted by atomic mass is 10.1. The molecule has 0 aliphatic heterocycles. The first-order valence-corrected chi connectivity index (χ1v) is 7.04. The van der Waals surface area contributed by atoms with Crippen molar-refractivity contribution in [2.45, 2.75) is 38.6 Å². The fourth-order valence-corrected chi connectivity index (χ4v) is 2.33. The molecule has 2 N–H and O–H groups in total. The Hall–Kier alpha value is -2.10. The van der Waals surface area contributed by atoms with Gasteiger partial charge in [0.15, 0.2) is 0 Å². The third kappa shape index (κ3) is 2.90. The first-order valence-electron chi connectivity index (χ1n) is 7.04. The maximum Gasteiger partial charge on any atom is 0.251 e. The largest absolute Gasteiger partial charge is 0.353 e. The van der Waals surface area contributed by atoms with Crippen molar-refractivity contribution in [2.75, 3.05) is 0 Å². The fraction of sp³-hybridized carbons (Fsp3) is 0.375. The maximum atomic E-state index is 12.0. The van der Waals surface area contributed by atoms with E-state index in [2.05, 4.69) is 10.3 Å². The van der Waals surface area contributed by atoms with Gasteiger partial charge in [-0.3, -0.25) is 9.59 Å². The van der Waals surface area contributed by atoms with E-state index in [1.807, 2.05) is 31.2 Å². The number of rotatable bonds is 4. The summed E-state index contributed by atoms with van der Waals surface area (Å²) in [5, 5.41) is 3.95. The minimum atomic E-state index is -0.0967. The standard InChI is InChI=1S/C16H18N2O2/c1-10-2-6-14-12(8-10)9-11(16(20)18-14)3-7-15(19)17-13-4-5-13/h2,6,8-9,13H,3-5,7H2,1H3,(H,17,19)(H,18,20). The van der Waals surface area contributed by atoms with Crippen molar-refractivity contribution in [3.63, 3.8) is 0 Å². The molecule has 1 aromatic heterocycles. The molecule has 1 saturated carbocycles. The normalized spacial score (nSPS) is 14.4. The summed E-state index contributed by atoms with van der Waals surface area (Å²) in [7, 11) is 0. The van der Waals surface area contributed by atoms with Gasteiger partial charge in [-0.2, -0.15) is 0 Å². The predicted molar refractivity (Wildman–Crippen MR) is 78.8 cm³/mol. The van der Waals surface area contributed by atoms with Crippen molar-refractivity contribution in [3.05, 3.63) is 45.7 Å². The van der Waals surface area contributed by atoms with Gasteiger partial charge in [-0.25, -0.2) is 0 Å². The molecule has 1 aliphatic rings. The number of carbonyl (C=O) groups excluding carboxylic acids is 1. The van der Waals surface area contributed by atoms with Gasteiger partial charge in [-0.15, -0.1) is 0 Å². The second-order valence-electron chi connectivity index (χ2n) is 5.56. The number of hydrogen-bond acceptors (Lipinski definition) is 2. The maximum absolute atomic E-state index is 12.0. The SMILES string of the molecule is Cc1ccc2[nH]c(=O)c(CCC(=O)NC3CC3)cc2c1. The highest BCUT2D eigenvalue weighted by atomic mass is 16.1. The molecular weight excluding hydrogens is 252 g/mol. The van der Waals surface area contributed by atoms with E-state index in [4.69, 9.17) is 0 Å². The molecule has 0 unspecified atom stereocenters. The van der Waals surface area contributed by atoms with Crippen LogP contribution in [0.25, 0.3) is 10.9 Å². The van der Waals surface area contributed by atoms with Crippen molar-refractivity contribution in [2.24, 2.45) is 0 Å². The van der Waals surface area contributed by atoms with Gasteiger partial charge in [-0.05, 0) is 49.8 Å². The quantitative estimate of drug-likeness (QED) is 0.893. The molecule has 1 aromatic carbocycles. The number of H-pyrrole nitrogens is 1. The number of amides is 1. The summed E-state index contributed by atoms with van der Waals surface area (Å²) >= 11 is 0. The topological polar surface area (TPSA) is 62.0 Å². The molecule has 1 fully saturated rings. The second kappa shape index (κ2) is 5.12. The van der Waals surface area contributed by atoms with Crippen molar-refractivity contribution in [3.8, 4) is 0 Å². The summed E-state index contributed by atoms with van der Waals surface area (Å²) in [6.07, 6.45) is 3.03. The minimum absolute atomic E-state index is 0.0382. The van der Waals surface area contributed by atoms with E-state index in [0.717, 1.165) is 29.3 Å². The molecule has 0 radical (unpaired) electrons. The Morgan fingerprint density at radius 3 is 2.90 bits per heavy atom. The summed E-state index contributed by atoms with van der Waals surface area (Å²) in [5.41, 5.74) is 2.57. The van der Waals surface area contributed by atoms with Crippen molar-refractivity contribution in [1.82, 2.24) is 10.3 Å². The molecular formula is C16H18N2O2. The van der Waals surface area contributed by atoms with Gasteiger partial charge in [0, 0.05) is 23.5 Å². The van der Waals surface area contributed by atoms with Crippen LogP contribution in [0.2, 0.25) is 0 Å². The Morgan fingerprint density at radius 2 is 2.15 bits per heavy atom. The lowest BCUT2D eigenvalue weighted by Crippen LogP contribution is -2.26. The van der Waals surface area contributed by atoms with E-state index >= 15 is 0 Å². The molecule has 104 valence electrons. The van der Waals surface area contributed by atoms with Gasteiger partial charge in [0.25, 0.3) is 5.56 Å².